The maximum atomic E-state index is 12.2. The van der Waals surface area contributed by atoms with E-state index in [-0.39, 0.29) is 18.0 Å². The maximum Gasteiger partial charge on any atom is 0.244 e. The minimum atomic E-state index is -3.71. The van der Waals surface area contributed by atoms with Crippen molar-refractivity contribution >= 4 is 10.0 Å². The van der Waals surface area contributed by atoms with Gasteiger partial charge in [-0.05, 0) is 6.92 Å². The number of nitrogens with zero attached hydrogens (tertiary/aromatic N) is 2. The third kappa shape index (κ3) is 2.89. The van der Waals surface area contributed by atoms with Crippen molar-refractivity contribution in [3.8, 4) is 0 Å². The SMILES string of the molecule is CCc1cnc(CNS(=O)(=O)c2c(CN)n[nH]c2C)o1. The molecule has 2 aromatic heterocycles. The third-order valence-corrected chi connectivity index (χ3v) is 4.39. The summed E-state index contributed by atoms with van der Waals surface area (Å²) in [7, 11) is -3.71. The lowest BCUT2D eigenvalue weighted by Gasteiger charge is -2.05. The first kappa shape index (κ1) is 14.7. The van der Waals surface area contributed by atoms with Gasteiger partial charge in [0.05, 0.1) is 24.1 Å². The number of nitrogens with two attached hydrogens (primary N) is 1. The Morgan fingerprint density at radius 3 is 2.85 bits per heavy atom. The Morgan fingerprint density at radius 2 is 2.25 bits per heavy atom. The molecule has 20 heavy (non-hydrogen) atoms. The molecular weight excluding hydrogens is 282 g/mol. The van der Waals surface area contributed by atoms with Crippen molar-refractivity contribution in [3.63, 3.8) is 0 Å². The Bertz CT molecular complexity index is 689. The van der Waals surface area contributed by atoms with Crippen LogP contribution in [0.25, 0.3) is 0 Å². The summed E-state index contributed by atoms with van der Waals surface area (Å²) < 4.78 is 32.3. The highest BCUT2D eigenvalue weighted by atomic mass is 32.2. The van der Waals surface area contributed by atoms with E-state index >= 15 is 0 Å². The van der Waals surface area contributed by atoms with Crippen LogP contribution < -0.4 is 10.5 Å². The van der Waals surface area contributed by atoms with E-state index in [0.717, 1.165) is 0 Å². The predicted molar refractivity (Wildman–Crippen MR) is 71.1 cm³/mol. The smallest absolute Gasteiger partial charge is 0.244 e. The van der Waals surface area contributed by atoms with Crippen LogP contribution in [0, 0.1) is 6.92 Å². The Labute approximate surface area is 116 Å². The highest BCUT2D eigenvalue weighted by Crippen LogP contribution is 2.17. The first-order valence-corrected chi connectivity index (χ1v) is 7.63. The zero-order valence-corrected chi connectivity index (χ0v) is 12.1. The summed E-state index contributed by atoms with van der Waals surface area (Å²) in [6, 6.07) is 0. The Kier molecular flexibility index (Phi) is 4.21. The van der Waals surface area contributed by atoms with Crippen LogP contribution in [0.2, 0.25) is 0 Å². The van der Waals surface area contributed by atoms with Crippen LogP contribution in [-0.4, -0.2) is 23.6 Å². The summed E-state index contributed by atoms with van der Waals surface area (Å²) in [5.74, 6) is 1.03. The van der Waals surface area contributed by atoms with Gasteiger partial charge >= 0.3 is 0 Å². The summed E-state index contributed by atoms with van der Waals surface area (Å²) in [5, 5.41) is 6.48. The number of hydrogen-bond donors (Lipinski definition) is 3. The molecule has 0 saturated carbocycles. The lowest BCUT2D eigenvalue weighted by molar-refractivity contribution is 0.452. The largest absolute Gasteiger partial charge is 0.444 e. The van der Waals surface area contributed by atoms with Crippen LogP contribution in [0.3, 0.4) is 0 Å². The summed E-state index contributed by atoms with van der Waals surface area (Å²) in [6.07, 6.45) is 2.29. The highest BCUT2D eigenvalue weighted by molar-refractivity contribution is 7.89. The summed E-state index contributed by atoms with van der Waals surface area (Å²) in [5.41, 5.74) is 6.23. The number of aryl methyl sites for hydroxylation is 2. The first-order chi connectivity index (χ1) is 9.47. The number of sulfonamides is 1. The molecule has 0 radical (unpaired) electrons. The molecule has 0 aliphatic carbocycles. The third-order valence-electron chi connectivity index (χ3n) is 2.79. The van der Waals surface area contributed by atoms with Crippen LogP contribution >= 0.6 is 0 Å². The molecule has 0 unspecified atom stereocenters. The molecule has 0 fully saturated rings. The van der Waals surface area contributed by atoms with Gasteiger partial charge in [0.1, 0.15) is 10.7 Å². The maximum absolute atomic E-state index is 12.2. The average molecular weight is 299 g/mol. The van der Waals surface area contributed by atoms with E-state index in [1.54, 1.807) is 13.1 Å². The van der Waals surface area contributed by atoms with Gasteiger partial charge in [-0.3, -0.25) is 5.10 Å². The van der Waals surface area contributed by atoms with E-state index in [9.17, 15) is 8.42 Å². The van der Waals surface area contributed by atoms with Crippen LogP contribution in [0.15, 0.2) is 15.5 Å². The molecular formula is C11H17N5O3S. The topological polar surface area (TPSA) is 127 Å². The van der Waals surface area contributed by atoms with Crippen molar-refractivity contribution in [2.75, 3.05) is 0 Å². The zero-order chi connectivity index (χ0) is 14.8. The zero-order valence-electron chi connectivity index (χ0n) is 11.3. The van der Waals surface area contributed by atoms with Crippen molar-refractivity contribution in [2.24, 2.45) is 5.73 Å². The molecule has 0 amide bonds. The number of rotatable bonds is 6. The molecule has 2 heterocycles. The number of oxazole rings is 1. The van der Waals surface area contributed by atoms with Crippen molar-refractivity contribution in [3.05, 3.63) is 29.2 Å². The van der Waals surface area contributed by atoms with Crippen LogP contribution in [-0.2, 0) is 29.5 Å². The van der Waals surface area contributed by atoms with Gasteiger partial charge in [0.2, 0.25) is 15.9 Å². The van der Waals surface area contributed by atoms with Gasteiger partial charge in [0, 0.05) is 13.0 Å². The number of aromatic nitrogens is 3. The summed E-state index contributed by atoms with van der Waals surface area (Å²) >= 11 is 0. The molecule has 0 aliphatic rings. The minimum absolute atomic E-state index is 0.0169. The molecule has 9 heteroatoms. The average Bonchev–Trinajstić information content (AvgIpc) is 3.02. The molecule has 0 aromatic carbocycles. The van der Waals surface area contributed by atoms with Crippen LogP contribution in [0.5, 0.6) is 0 Å². The lowest BCUT2D eigenvalue weighted by Crippen LogP contribution is -2.25. The highest BCUT2D eigenvalue weighted by Gasteiger charge is 2.23. The molecule has 2 rings (SSSR count). The lowest BCUT2D eigenvalue weighted by atomic mass is 10.4. The normalized spacial score (nSPS) is 11.9. The van der Waals surface area contributed by atoms with E-state index in [0.29, 0.717) is 29.5 Å². The van der Waals surface area contributed by atoms with Crippen LogP contribution in [0.1, 0.15) is 30.0 Å². The van der Waals surface area contributed by atoms with Crippen molar-refractivity contribution in [1.29, 1.82) is 0 Å². The molecule has 110 valence electrons. The second-order valence-corrected chi connectivity index (χ2v) is 5.93. The standard InChI is InChI=1S/C11H17N5O3S/c1-3-8-5-13-10(19-8)6-14-20(17,18)11-7(2)15-16-9(11)4-12/h5,14H,3-4,6,12H2,1-2H3,(H,15,16). The molecule has 8 nitrogen and oxygen atoms in total. The summed E-state index contributed by atoms with van der Waals surface area (Å²) in [6.45, 7) is 3.58. The van der Waals surface area contributed by atoms with Gasteiger partial charge in [0.25, 0.3) is 0 Å². The van der Waals surface area contributed by atoms with Crippen molar-refractivity contribution < 1.29 is 12.8 Å². The fourth-order valence-corrected chi connectivity index (χ4v) is 3.13. The number of hydrogen-bond acceptors (Lipinski definition) is 6. The van der Waals surface area contributed by atoms with Crippen molar-refractivity contribution in [2.45, 2.75) is 38.3 Å². The minimum Gasteiger partial charge on any atom is -0.444 e. The molecule has 0 saturated heterocycles. The molecule has 0 aliphatic heterocycles. The van der Waals surface area contributed by atoms with Gasteiger partial charge in [-0.1, -0.05) is 6.92 Å². The Hall–Kier alpha value is -1.71. The molecule has 2 aromatic rings. The number of aromatic amines is 1. The number of H-pyrrole nitrogens is 1. The van der Waals surface area contributed by atoms with Gasteiger partial charge in [-0.15, -0.1) is 0 Å². The van der Waals surface area contributed by atoms with E-state index < -0.39 is 10.0 Å². The fraction of sp³-hybridized carbons (Fsp3) is 0.455. The van der Waals surface area contributed by atoms with Gasteiger partial charge in [-0.25, -0.2) is 18.1 Å². The molecule has 0 bridgehead atoms. The van der Waals surface area contributed by atoms with E-state index in [4.69, 9.17) is 10.2 Å². The fourth-order valence-electron chi connectivity index (χ4n) is 1.79. The molecule has 4 N–H and O–H groups in total. The van der Waals surface area contributed by atoms with Gasteiger partial charge < -0.3 is 10.2 Å². The van der Waals surface area contributed by atoms with Crippen molar-refractivity contribution in [1.82, 2.24) is 19.9 Å². The second-order valence-electron chi connectivity index (χ2n) is 4.23. The Balaban J connectivity index is 2.17. The molecule has 0 spiro atoms. The van der Waals surface area contributed by atoms with Gasteiger partial charge in [-0.2, -0.15) is 5.10 Å². The summed E-state index contributed by atoms with van der Waals surface area (Å²) in [4.78, 5) is 4.08. The van der Waals surface area contributed by atoms with E-state index in [1.165, 1.54) is 0 Å². The quantitative estimate of drug-likeness (QED) is 0.699. The van der Waals surface area contributed by atoms with Gasteiger partial charge in [0.15, 0.2) is 0 Å². The predicted octanol–water partition coefficient (Wildman–Crippen LogP) is 0.206. The number of nitrogens with one attached hydrogen (secondary N) is 2. The monoisotopic (exact) mass is 299 g/mol. The van der Waals surface area contributed by atoms with Crippen LogP contribution in [0.4, 0.5) is 0 Å². The second kappa shape index (κ2) is 5.73. The molecule has 0 atom stereocenters. The Morgan fingerprint density at radius 1 is 1.50 bits per heavy atom. The first-order valence-electron chi connectivity index (χ1n) is 6.15. The van der Waals surface area contributed by atoms with E-state index in [2.05, 4.69) is 19.9 Å². The van der Waals surface area contributed by atoms with E-state index in [1.807, 2.05) is 6.92 Å².